The number of benzene rings is 1. The Balaban J connectivity index is 2.55. The van der Waals surface area contributed by atoms with Gasteiger partial charge in [0.2, 0.25) is 0 Å². The second-order valence-electron chi connectivity index (χ2n) is 4.90. The largest absolute Gasteiger partial charge is 0.493 e. The quantitative estimate of drug-likeness (QED) is 0.212. The topological polar surface area (TPSA) is 97.1 Å². The van der Waals surface area contributed by atoms with Crippen LogP contribution in [0.3, 0.4) is 0 Å². The molecule has 0 bridgehead atoms. The Kier molecular flexibility index (Phi) is 8.10. The summed E-state index contributed by atoms with van der Waals surface area (Å²) in [7, 11) is 2.82. The molecule has 0 aliphatic rings. The van der Waals surface area contributed by atoms with Crippen molar-refractivity contribution >= 4 is 12.0 Å². The Bertz CT molecular complexity index is 586. The molecule has 0 fully saturated rings. The Morgan fingerprint density at radius 3 is 2.71 bits per heavy atom. The van der Waals surface area contributed by atoms with Crippen molar-refractivity contribution in [2.75, 3.05) is 20.8 Å². The highest BCUT2D eigenvalue weighted by atomic mass is 17.0. The Morgan fingerprint density at radius 2 is 2.08 bits per heavy atom. The molecule has 8 nitrogen and oxygen atoms in total. The minimum atomic E-state index is -0.797. The number of methoxy groups -OCH3 is 2. The summed E-state index contributed by atoms with van der Waals surface area (Å²) in [5.41, 5.74) is 0.762. The Hall–Kier alpha value is -2.77. The van der Waals surface area contributed by atoms with Crippen LogP contribution in [0.15, 0.2) is 24.3 Å². The normalized spacial score (nSPS) is 11.8. The third-order valence-electron chi connectivity index (χ3n) is 3.08. The molecule has 0 saturated heterocycles. The number of nitrogens with zero attached hydrogens (tertiary/aromatic N) is 1. The summed E-state index contributed by atoms with van der Waals surface area (Å²) in [5.74, 6) is 0.632. The van der Waals surface area contributed by atoms with Crippen molar-refractivity contribution in [2.24, 2.45) is 0 Å². The van der Waals surface area contributed by atoms with Gasteiger partial charge in [-0.05, 0) is 43.5 Å². The second-order valence-corrected chi connectivity index (χ2v) is 4.90. The number of carbonyl (C=O) groups excluding carboxylic acids is 1. The molecule has 132 valence electrons. The van der Waals surface area contributed by atoms with Gasteiger partial charge in [-0.1, -0.05) is 6.07 Å². The highest BCUT2D eigenvalue weighted by molar-refractivity contribution is 5.87. The van der Waals surface area contributed by atoms with Crippen LogP contribution in [0.5, 0.6) is 11.5 Å². The standard InChI is InChI=1S/C16H21NO7/c1-12(24-17(19)20)5-4-10-23-14-8-6-13(11-15(14)21-2)7-9-16(18)22-3/h6-9,11-12H,4-5,10H2,1-3H3/b9-7+. The summed E-state index contributed by atoms with van der Waals surface area (Å²) in [4.78, 5) is 25.7. The first-order valence-corrected chi connectivity index (χ1v) is 7.34. The molecule has 0 spiro atoms. The van der Waals surface area contributed by atoms with E-state index in [-0.39, 0.29) is 0 Å². The van der Waals surface area contributed by atoms with Crippen LogP contribution in [0.1, 0.15) is 25.3 Å². The Labute approximate surface area is 140 Å². The molecule has 1 aromatic rings. The smallest absolute Gasteiger partial charge is 0.330 e. The van der Waals surface area contributed by atoms with E-state index in [0.717, 1.165) is 5.56 Å². The van der Waals surface area contributed by atoms with Crippen molar-refractivity contribution < 1.29 is 28.9 Å². The number of esters is 1. The lowest BCUT2D eigenvalue weighted by Gasteiger charge is -2.12. The van der Waals surface area contributed by atoms with Crippen LogP contribution in [-0.4, -0.2) is 38.0 Å². The lowest BCUT2D eigenvalue weighted by molar-refractivity contribution is -0.767. The van der Waals surface area contributed by atoms with Crippen molar-refractivity contribution in [3.05, 3.63) is 40.0 Å². The molecule has 8 heteroatoms. The summed E-state index contributed by atoms with van der Waals surface area (Å²) in [5, 5.41) is 9.40. The van der Waals surface area contributed by atoms with Gasteiger partial charge < -0.3 is 19.0 Å². The molecule has 1 aromatic carbocycles. The van der Waals surface area contributed by atoms with Crippen LogP contribution in [0.2, 0.25) is 0 Å². The fourth-order valence-electron chi connectivity index (χ4n) is 1.89. The minimum absolute atomic E-state index is 0.374. The molecule has 0 aliphatic heterocycles. The molecule has 0 aliphatic carbocycles. The molecule has 0 heterocycles. The first kappa shape index (κ1) is 19.3. The summed E-state index contributed by atoms with van der Waals surface area (Å²) in [6.07, 6.45) is 3.54. The summed E-state index contributed by atoms with van der Waals surface area (Å²) >= 11 is 0. The highest BCUT2D eigenvalue weighted by Crippen LogP contribution is 2.28. The predicted octanol–water partition coefficient (Wildman–Crippen LogP) is 2.64. The lowest BCUT2D eigenvalue weighted by Crippen LogP contribution is -2.14. The summed E-state index contributed by atoms with van der Waals surface area (Å²) in [6.45, 7) is 2.00. The van der Waals surface area contributed by atoms with Gasteiger partial charge in [-0.15, -0.1) is 10.1 Å². The van der Waals surface area contributed by atoms with Gasteiger partial charge in [0.25, 0.3) is 5.09 Å². The molecule has 0 aromatic heterocycles. The monoisotopic (exact) mass is 339 g/mol. The van der Waals surface area contributed by atoms with E-state index >= 15 is 0 Å². The molecule has 1 atom stereocenters. The molecular weight excluding hydrogens is 318 g/mol. The van der Waals surface area contributed by atoms with E-state index in [0.29, 0.717) is 30.9 Å². The number of ether oxygens (including phenoxy) is 3. The van der Waals surface area contributed by atoms with Crippen LogP contribution < -0.4 is 9.47 Å². The van der Waals surface area contributed by atoms with Crippen LogP contribution >= 0.6 is 0 Å². The maximum Gasteiger partial charge on any atom is 0.330 e. The van der Waals surface area contributed by atoms with Crippen molar-refractivity contribution in [1.29, 1.82) is 0 Å². The summed E-state index contributed by atoms with van der Waals surface area (Å²) in [6, 6.07) is 5.23. The molecular formula is C16H21NO7. The van der Waals surface area contributed by atoms with Crippen molar-refractivity contribution in [3.63, 3.8) is 0 Å². The number of hydrogen-bond acceptors (Lipinski definition) is 7. The Morgan fingerprint density at radius 1 is 1.33 bits per heavy atom. The predicted molar refractivity (Wildman–Crippen MR) is 86.3 cm³/mol. The van der Waals surface area contributed by atoms with E-state index in [4.69, 9.17) is 9.47 Å². The molecule has 1 rings (SSSR count). The van der Waals surface area contributed by atoms with Gasteiger partial charge in [0, 0.05) is 6.08 Å². The molecule has 0 radical (unpaired) electrons. The minimum Gasteiger partial charge on any atom is -0.493 e. The molecule has 0 N–H and O–H groups in total. The van der Waals surface area contributed by atoms with Crippen molar-refractivity contribution in [1.82, 2.24) is 0 Å². The van der Waals surface area contributed by atoms with Crippen LogP contribution in [-0.2, 0) is 14.4 Å². The zero-order valence-electron chi connectivity index (χ0n) is 13.9. The fourth-order valence-corrected chi connectivity index (χ4v) is 1.89. The highest BCUT2D eigenvalue weighted by Gasteiger charge is 2.08. The summed E-state index contributed by atoms with van der Waals surface area (Å²) < 4.78 is 15.4. The van der Waals surface area contributed by atoms with Crippen LogP contribution in [0.25, 0.3) is 6.08 Å². The van der Waals surface area contributed by atoms with E-state index in [2.05, 4.69) is 9.57 Å². The average Bonchev–Trinajstić information content (AvgIpc) is 2.56. The zero-order valence-corrected chi connectivity index (χ0v) is 13.9. The third-order valence-corrected chi connectivity index (χ3v) is 3.08. The average molecular weight is 339 g/mol. The van der Waals surface area contributed by atoms with E-state index in [1.165, 1.54) is 20.3 Å². The van der Waals surface area contributed by atoms with Gasteiger partial charge in [0.05, 0.1) is 20.8 Å². The van der Waals surface area contributed by atoms with E-state index in [1.807, 2.05) is 0 Å². The molecule has 24 heavy (non-hydrogen) atoms. The van der Waals surface area contributed by atoms with Crippen molar-refractivity contribution in [2.45, 2.75) is 25.9 Å². The van der Waals surface area contributed by atoms with Crippen LogP contribution in [0, 0.1) is 10.1 Å². The number of rotatable bonds is 10. The first-order valence-electron chi connectivity index (χ1n) is 7.34. The third kappa shape index (κ3) is 6.99. The van der Waals surface area contributed by atoms with E-state index in [1.54, 1.807) is 31.2 Å². The van der Waals surface area contributed by atoms with Crippen molar-refractivity contribution in [3.8, 4) is 11.5 Å². The molecule has 0 saturated carbocycles. The maximum absolute atomic E-state index is 11.1. The van der Waals surface area contributed by atoms with Gasteiger partial charge in [-0.25, -0.2) is 4.79 Å². The SMILES string of the molecule is COC(=O)/C=C/c1ccc(OCCCC(C)O[N+](=O)[O-])c(OC)c1. The lowest BCUT2D eigenvalue weighted by atomic mass is 10.2. The van der Waals surface area contributed by atoms with Gasteiger partial charge in [-0.3, -0.25) is 0 Å². The number of carbonyl (C=O) groups is 1. The molecule has 1 unspecified atom stereocenters. The van der Waals surface area contributed by atoms with Gasteiger partial charge in [0.1, 0.15) is 6.10 Å². The molecule has 0 amide bonds. The maximum atomic E-state index is 11.1. The fraction of sp³-hybridized carbons (Fsp3) is 0.438. The van der Waals surface area contributed by atoms with E-state index in [9.17, 15) is 14.9 Å². The van der Waals surface area contributed by atoms with E-state index < -0.39 is 17.2 Å². The van der Waals surface area contributed by atoms with Gasteiger partial charge in [-0.2, -0.15) is 0 Å². The van der Waals surface area contributed by atoms with Gasteiger partial charge in [0.15, 0.2) is 11.5 Å². The number of hydrogen-bond donors (Lipinski definition) is 0. The first-order chi connectivity index (χ1) is 11.5. The van der Waals surface area contributed by atoms with Gasteiger partial charge >= 0.3 is 5.97 Å². The van der Waals surface area contributed by atoms with Crippen LogP contribution in [0.4, 0.5) is 0 Å². The second kappa shape index (κ2) is 10.1. The zero-order chi connectivity index (χ0) is 17.9.